The summed E-state index contributed by atoms with van der Waals surface area (Å²) in [5.41, 5.74) is 0.810. The van der Waals surface area contributed by atoms with E-state index < -0.39 is 0 Å². The van der Waals surface area contributed by atoms with E-state index in [4.69, 9.17) is 4.74 Å². The van der Waals surface area contributed by atoms with E-state index in [0.717, 1.165) is 24.8 Å². The number of ether oxygens (including phenoxy) is 1. The van der Waals surface area contributed by atoms with Gasteiger partial charge in [0.05, 0.1) is 12.0 Å². The van der Waals surface area contributed by atoms with Gasteiger partial charge in [0.25, 0.3) is 0 Å². The molecule has 1 saturated heterocycles. The number of allylic oxidation sites excluding steroid dienone is 1. The first-order chi connectivity index (χ1) is 6.46. The first-order valence-corrected chi connectivity index (χ1v) is 5.28. The third-order valence-corrected chi connectivity index (χ3v) is 2.69. The van der Waals surface area contributed by atoms with Crippen LogP contribution in [0.4, 0.5) is 0 Å². The monoisotopic (exact) mass is 196 g/mol. The summed E-state index contributed by atoms with van der Waals surface area (Å²) >= 11 is 0. The van der Waals surface area contributed by atoms with Gasteiger partial charge in [0.15, 0.2) is 0 Å². The molecule has 0 aliphatic carbocycles. The van der Waals surface area contributed by atoms with Gasteiger partial charge in [0, 0.05) is 0 Å². The van der Waals surface area contributed by atoms with Crippen molar-refractivity contribution in [3.05, 3.63) is 12.2 Å². The van der Waals surface area contributed by atoms with Crippen molar-refractivity contribution >= 4 is 5.97 Å². The van der Waals surface area contributed by atoms with Crippen molar-refractivity contribution in [2.75, 3.05) is 6.61 Å². The minimum absolute atomic E-state index is 0.0193. The molecule has 1 rings (SSSR count). The zero-order chi connectivity index (χ0) is 10.8. The molecule has 1 aliphatic rings. The van der Waals surface area contributed by atoms with Crippen LogP contribution in [0.25, 0.3) is 0 Å². The summed E-state index contributed by atoms with van der Waals surface area (Å²) < 4.78 is 5.09. The number of hydrogen-bond donors (Lipinski definition) is 0. The lowest BCUT2D eigenvalue weighted by Gasteiger charge is -2.26. The average Bonchev–Trinajstić information content (AvgIpc) is 2.29. The Morgan fingerprint density at radius 2 is 2.29 bits per heavy atom. The first kappa shape index (κ1) is 11.3. The summed E-state index contributed by atoms with van der Waals surface area (Å²) in [6.45, 7) is 10.7. The number of rotatable bonds is 4. The maximum Gasteiger partial charge on any atom is 0.312 e. The fourth-order valence-corrected chi connectivity index (χ4v) is 2.37. The molecule has 0 aromatic rings. The quantitative estimate of drug-likeness (QED) is 0.510. The van der Waals surface area contributed by atoms with E-state index in [-0.39, 0.29) is 11.4 Å². The van der Waals surface area contributed by atoms with Crippen molar-refractivity contribution in [3.63, 3.8) is 0 Å². The highest BCUT2D eigenvalue weighted by Gasteiger charge is 2.44. The molecule has 0 amide bonds. The number of carbonyl (C=O) groups excluding carboxylic acids is 1. The number of cyclic esters (lactones) is 1. The summed E-state index contributed by atoms with van der Waals surface area (Å²) in [7, 11) is 0. The molecule has 1 unspecified atom stereocenters. The van der Waals surface area contributed by atoms with Gasteiger partial charge in [0.2, 0.25) is 0 Å². The Kier molecular flexibility index (Phi) is 3.35. The molecule has 0 N–H and O–H groups in total. The third kappa shape index (κ3) is 2.37. The number of carbonyl (C=O) groups is 1. The van der Waals surface area contributed by atoms with Gasteiger partial charge in [-0.1, -0.05) is 19.4 Å². The van der Waals surface area contributed by atoms with Gasteiger partial charge in [-0.2, -0.15) is 0 Å². The molecule has 1 aliphatic heterocycles. The van der Waals surface area contributed by atoms with Gasteiger partial charge in [-0.25, -0.2) is 0 Å². The summed E-state index contributed by atoms with van der Waals surface area (Å²) in [4.78, 5) is 11.7. The SMILES string of the molecule is C=C(C)CC1(CC(C)C)CCOC1=O. The van der Waals surface area contributed by atoms with Crippen LogP contribution in [-0.2, 0) is 9.53 Å². The van der Waals surface area contributed by atoms with Crippen LogP contribution in [0.2, 0.25) is 0 Å². The lowest BCUT2D eigenvalue weighted by molar-refractivity contribution is -0.147. The van der Waals surface area contributed by atoms with Crippen LogP contribution in [0.1, 0.15) is 40.0 Å². The van der Waals surface area contributed by atoms with E-state index in [0.29, 0.717) is 12.5 Å². The minimum Gasteiger partial charge on any atom is -0.465 e. The van der Waals surface area contributed by atoms with Crippen molar-refractivity contribution < 1.29 is 9.53 Å². The zero-order valence-corrected chi connectivity index (χ0v) is 9.43. The summed E-state index contributed by atoms with van der Waals surface area (Å²) in [6.07, 6.45) is 2.56. The molecule has 0 bridgehead atoms. The topological polar surface area (TPSA) is 26.3 Å². The maximum atomic E-state index is 11.7. The molecule has 0 aromatic carbocycles. The fourth-order valence-electron chi connectivity index (χ4n) is 2.37. The van der Waals surface area contributed by atoms with E-state index in [2.05, 4.69) is 20.4 Å². The smallest absolute Gasteiger partial charge is 0.312 e. The zero-order valence-electron chi connectivity index (χ0n) is 9.43. The predicted octanol–water partition coefficient (Wildman–Crippen LogP) is 2.93. The molecule has 0 radical (unpaired) electrons. The van der Waals surface area contributed by atoms with Crippen LogP contribution >= 0.6 is 0 Å². The van der Waals surface area contributed by atoms with Gasteiger partial charge < -0.3 is 4.74 Å². The molecule has 0 spiro atoms. The molecular formula is C12H20O2. The molecule has 1 heterocycles. The summed E-state index contributed by atoms with van der Waals surface area (Å²) in [5.74, 6) is 0.509. The van der Waals surface area contributed by atoms with Gasteiger partial charge in [-0.15, -0.1) is 6.58 Å². The Bertz CT molecular complexity index is 243. The normalized spacial score (nSPS) is 26.7. The van der Waals surface area contributed by atoms with Gasteiger partial charge >= 0.3 is 5.97 Å². The van der Waals surface area contributed by atoms with E-state index in [1.165, 1.54) is 0 Å². The Morgan fingerprint density at radius 1 is 1.64 bits per heavy atom. The highest BCUT2D eigenvalue weighted by atomic mass is 16.5. The first-order valence-electron chi connectivity index (χ1n) is 5.28. The molecule has 0 aromatic heterocycles. The lowest BCUT2D eigenvalue weighted by Crippen LogP contribution is -2.28. The highest BCUT2D eigenvalue weighted by molar-refractivity contribution is 5.79. The highest BCUT2D eigenvalue weighted by Crippen LogP contribution is 2.41. The van der Waals surface area contributed by atoms with Crippen LogP contribution in [0.15, 0.2) is 12.2 Å². The van der Waals surface area contributed by atoms with E-state index in [1.807, 2.05) is 6.92 Å². The van der Waals surface area contributed by atoms with Gasteiger partial charge in [-0.3, -0.25) is 4.79 Å². The fraction of sp³-hybridized carbons (Fsp3) is 0.750. The van der Waals surface area contributed by atoms with Gasteiger partial charge in [0.1, 0.15) is 0 Å². The standard InChI is InChI=1S/C12H20O2/c1-9(2)7-12(8-10(3)4)5-6-14-11(12)13/h10H,1,5-8H2,2-4H3. The van der Waals surface area contributed by atoms with Crippen molar-refractivity contribution in [3.8, 4) is 0 Å². The summed E-state index contributed by atoms with van der Waals surface area (Å²) in [5, 5.41) is 0. The number of esters is 1. The molecule has 80 valence electrons. The van der Waals surface area contributed by atoms with E-state index in [9.17, 15) is 4.79 Å². The average molecular weight is 196 g/mol. The largest absolute Gasteiger partial charge is 0.465 e. The van der Waals surface area contributed by atoms with Gasteiger partial charge in [-0.05, 0) is 32.1 Å². The predicted molar refractivity (Wildman–Crippen MR) is 56.9 cm³/mol. The molecule has 2 heteroatoms. The Balaban J connectivity index is 2.78. The van der Waals surface area contributed by atoms with Crippen molar-refractivity contribution in [2.45, 2.75) is 40.0 Å². The van der Waals surface area contributed by atoms with Crippen molar-refractivity contribution in [1.82, 2.24) is 0 Å². The Hall–Kier alpha value is -0.790. The van der Waals surface area contributed by atoms with E-state index in [1.54, 1.807) is 0 Å². The molecule has 0 saturated carbocycles. The number of hydrogen-bond acceptors (Lipinski definition) is 2. The molecule has 14 heavy (non-hydrogen) atoms. The molecule has 2 nitrogen and oxygen atoms in total. The lowest BCUT2D eigenvalue weighted by atomic mass is 9.74. The Labute approximate surface area is 86.3 Å². The summed E-state index contributed by atoms with van der Waals surface area (Å²) in [6, 6.07) is 0. The minimum atomic E-state index is -0.264. The van der Waals surface area contributed by atoms with E-state index >= 15 is 0 Å². The third-order valence-electron chi connectivity index (χ3n) is 2.69. The second-order valence-electron chi connectivity index (χ2n) is 4.90. The molecule has 1 atom stereocenters. The van der Waals surface area contributed by atoms with Crippen LogP contribution in [-0.4, -0.2) is 12.6 Å². The Morgan fingerprint density at radius 3 is 2.64 bits per heavy atom. The second-order valence-corrected chi connectivity index (χ2v) is 4.90. The van der Waals surface area contributed by atoms with Crippen LogP contribution in [0, 0.1) is 11.3 Å². The van der Waals surface area contributed by atoms with Crippen LogP contribution < -0.4 is 0 Å². The van der Waals surface area contributed by atoms with Crippen molar-refractivity contribution in [2.24, 2.45) is 11.3 Å². The maximum absolute atomic E-state index is 11.7. The molecule has 1 fully saturated rings. The van der Waals surface area contributed by atoms with Crippen molar-refractivity contribution in [1.29, 1.82) is 0 Å². The van der Waals surface area contributed by atoms with Crippen LogP contribution in [0.3, 0.4) is 0 Å². The molecular weight excluding hydrogens is 176 g/mol. The second kappa shape index (κ2) is 4.16. The van der Waals surface area contributed by atoms with Crippen LogP contribution in [0.5, 0.6) is 0 Å².